The second kappa shape index (κ2) is 7.19. The summed E-state index contributed by atoms with van der Waals surface area (Å²) < 4.78 is 0. The van der Waals surface area contributed by atoms with E-state index in [0.29, 0.717) is 5.91 Å². The molecular weight excluding hydrogens is 238 g/mol. The van der Waals surface area contributed by atoms with Gasteiger partial charge in [-0.15, -0.1) is 12.4 Å². The largest absolute Gasteiger partial charge is 0.340 e. The number of amides is 1. The summed E-state index contributed by atoms with van der Waals surface area (Å²) in [4.78, 5) is 16.6. The normalized spacial score (nSPS) is 27.1. The molecule has 4 nitrogen and oxygen atoms in total. The zero-order valence-electron chi connectivity index (χ0n) is 10.7. The average molecular weight is 262 g/mol. The molecular formula is C12H24ClN3O. The SMILES string of the molecule is CN1CCCN(C(=O)[C@H]2CCCCN2)CC1.Cl. The van der Waals surface area contributed by atoms with E-state index in [2.05, 4.69) is 17.3 Å². The third kappa shape index (κ3) is 4.12. The summed E-state index contributed by atoms with van der Waals surface area (Å²) in [7, 11) is 2.13. The van der Waals surface area contributed by atoms with Crippen molar-refractivity contribution in [2.24, 2.45) is 0 Å². The third-order valence-corrected chi connectivity index (χ3v) is 3.64. The van der Waals surface area contributed by atoms with E-state index in [9.17, 15) is 4.79 Å². The van der Waals surface area contributed by atoms with Crippen LogP contribution in [0.2, 0.25) is 0 Å². The number of carbonyl (C=O) groups excluding carboxylic acids is 1. The molecule has 0 unspecified atom stereocenters. The highest BCUT2D eigenvalue weighted by atomic mass is 35.5. The van der Waals surface area contributed by atoms with Crippen LogP contribution in [0.1, 0.15) is 25.7 Å². The molecule has 17 heavy (non-hydrogen) atoms. The molecule has 1 atom stereocenters. The monoisotopic (exact) mass is 261 g/mol. The molecule has 2 rings (SSSR count). The fourth-order valence-corrected chi connectivity index (χ4v) is 2.55. The van der Waals surface area contributed by atoms with Gasteiger partial charge in [-0.1, -0.05) is 6.42 Å². The molecule has 0 aliphatic carbocycles. The van der Waals surface area contributed by atoms with E-state index in [1.165, 1.54) is 12.8 Å². The Bertz CT molecular complexity index is 244. The first kappa shape index (κ1) is 14.7. The minimum Gasteiger partial charge on any atom is -0.340 e. The van der Waals surface area contributed by atoms with Crippen LogP contribution >= 0.6 is 12.4 Å². The molecule has 2 saturated heterocycles. The fraction of sp³-hybridized carbons (Fsp3) is 0.917. The zero-order chi connectivity index (χ0) is 11.4. The lowest BCUT2D eigenvalue weighted by atomic mass is 10.0. The van der Waals surface area contributed by atoms with Gasteiger partial charge in [-0.25, -0.2) is 0 Å². The van der Waals surface area contributed by atoms with Crippen LogP contribution < -0.4 is 5.32 Å². The fourth-order valence-electron chi connectivity index (χ4n) is 2.55. The van der Waals surface area contributed by atoms with Crippen LogP contribution in [-0.4, -0.2) is 61.5 Å². The summed E-state index contributed by atoms with van der Waals surface area (Å²) in [6.07, 6.45) is 4.53. The van der Waals surface area contributed by atoms with Crippen molar-refractivity contribution in [3.05, 3.63) is 0 Å². The van der Waals surface area contributed by atoms with E-state index < -0.39 is 0 Å². The standard InChI is InChI=1S/C12H23N3O.ClH/c1-14-7-4-8-15(10-9-14)12(16)11-5-2-3-6-13-11;/h11,13H,2-10H2,1H3;1H/t11-;/m1./s1. The van der Waals surface area contributed by atoms with Crippen molar-refractivity contribution in [3.8, 4) is 0 Å². The number of hydrogen-bond acceptors (Lipinski definition) is 3. The van der Waals surface area contributed by atoms with Crippen molar-refractivity contribution in [2.45, 2.75) is 31.7 Å². The van der Waals surface area contributed by atoms with Crippen molar-refractivity contribution in [3.63, 3.8) is 0 Å². The lowest BCUT2D eigenvalue weighted by molar-refractivity contribution is -0.133. The maximum Gasteiger partial charge on any atom is 0.239 e. The molecule has 2 aliphatic rings. The second-order valence-corrected chi connectivity index (χ2v) is 4.98. The molecule has 0 aromatic carbocycles. The number of hydrogen-bond donors (Lipinski definition) is 1. The van der Waals surface area contributed by atoms with Gasteiger partial charge in [0, 0.05) is 19.6 Å². The lowest BCUT2D eigenvalue weighted by Crippen LogP contribution is -2.49. The Morgan fingerprint density at radius 3 is 2.65 bits per heavy atom. The Morgan fingerprint density at radius 2 is 1.94 bits per heavy atom. The minimum absolute atomic E-state index is 0. The van der Waals surface area contributed by atoms with Gasteiger partial charge in [-0.05, 0) is 39.4 Å². The van der Waals surface area contributed by atoms with E-state index in [4.69, 9.17) is 0 Å². The van der Waals surface area contributed by atoms with Crippen LogP contribution in [0.4, 0.5) is 0 Å². The molecule has 2 heterocycles. The molecule has 0 aromatic rings. The maximum absolute atomic E-state index is 12.3. The van der Waals surface area contributed by atoms with Crippen LogP contribution in [0.15, 0.2) is 0 Å². The first-order valence-corrected chi connectivity index (χ1v) is 6.48. The highest BCUT2D eigenvalue weighted by molar-refractivity contribution is 5.85. The highest BCUT2D eigenvalue weighted by Crippen LogP contribution is 2.11. The van der Waals surface area contributed by atoms with E-state index >= 15 is 0 Å². The maximum atomic E-state index is 12.3. The van der Waals surface area contributed by atoms with Gasteiger partial charge in [0.05, 0.1) is 6.04 Å². The Hall–Kier alpha value is -0.320. The number of piperidine rings is 1. The molecule has 2 fully saturated rings. The van der Waals surface area contributed by atoms with Gasteiger partial charge in [-0.2, -0.15) is 0 Å². The smallest absolute Gasteiger partial charge is 0.239 e. The summed E-state index contributed by atoms with van der Waals surface area (Å²) in [6, 6.07) is 0.0946. The van der Waals surface area contributed by atoms with E-state index in [1.54, 1.807) is 0 Å². The van der Waals surface area contributed by atoms with Crippen LogP contribution in [0.5, 0.6) is 0 Å². The zero-order valence-corrected chi connectivity index (χ0v) is 11.5. The minimum atomic E-state index is 0. The molecule has 0 radical (unpaired) electrons. The van der Waals surface area contributed by atoms with Gasteiger partial charge in [0.25, 0.3) is 0 Å². The van der Waals surface area contributed by atoms with E-state index in [1.807, 2.05) is 4.90 Å². The van der Waals surface area contributed by atoms with Gasteiger partial charge in [0.15, 0.2) is 0 Å². The first-order chi connectivity index (χ1) is 7.77. The predicted octanol–water partition coefficient (Wildman–Crippen LogP) is 0.714. The summed E-state index contributed by atoms with van der Waals surface area (Å²) in [6.45, 7) is 4.96. The molecule has 5 heteroatoms. The average Bonchev–Trinajstić information content (AvgIpc) is 2.54. The van der Waals surface area contributed by atoms with Crippen molar-refractivity contribution in [2.75, 3.05) is 39.8 Å². The number of rotatable bonds is 1. The van der Waals surface area contributed by atoms with Crippen LogP contribution in [0.3, 0.4) is 0 Å². The lowest BCUT2D eigenvalue weighted by Gasteiger charge is -2.29. The Kier molecular flexibility index (Phi) is 6.23. The van der Waals surface area contributed by atoms with Crippen molar-refractivity contribution in [1.82, 2.24) is 15.1 Å². The van der Waals surface area contributed by atoms with Crippen LogP contribution in [0.25, 0.3) is 0 Å². The first-order valence-electron chi connectivity index (χ1n) is 6.48. The number of carbonyl (C=O) groups is 1. The molecule has 100 valence electrons. The molecule has 1 amide bonds. The predicted molar refractivity (Wildman–Crippen MR) is 71.6 cm³/mol. The summed E-state index contributed by atoms with van der Waals surface area (Å²) in [5.41, 5.74) is 0. The summed E-state index contributed by atoms with van der Waals surface area (Å²) in [5, 5.41) is 3.34. The van der Waals surface area contributed by atoms with Gasteiger partial charge in [-0.3, -0.25) is 4.79 Å². The number of likely N-dealkylation sites (N-methyl/N-ethyl adjacent to an activating group) is 1. The molecule has 0 spiro atoms. The molecule has 0 aromatic heterocycles. The summed E-state index contributed by atoms with van der Waals surface area (Å²) in [5.74, 6) is 0.329. The summed E-state index contributed by atoms with van der Waals surface area (Å²) >= 11 is 0. The molecule has 0 saturated carbocycles. The van der Waals surface area contributed by atoms with Crippen LogP contribution in [0, 0.1) is 0 Å². The Balaban J connectivity index is 0.00000144. The molecule has 0 bridgehead atoms. The molecule has 2 aliphatic heterocycles. The highest BCUT2D eigenvalue weighted by Gasteiger charge is 2.26. The second-order valence-electron chi connectivity index (χ2n) is 4.98. The van der Waals surface area contributed by atoms with Crippen molar-refractivity contribution >= 4 is 18.3 Å². The Morgan fingerprint density at radius 1 is 1.12 bits per heavy atom. The Labute approximate surface area is 110 Å². The van der Waals surface area contributed by atoms with Gasteiger partial charge in [0.2, 0.25) is 5.91 Å². The van der Waals surface area contributed by atoms with Crippen LogP contribution in [-0.2, 0) is 4.79 Å². The number of nitrogens with one attached hydrogen (secondary N) is 1. The van der Waals surface area contributed by atoms with E-state index in [0.717, 1.165) is 45.6 Å². The number of halogens is 1. The van der Waals surface area contributed by atoms with Crippen molar-refractivity contribution < 1.29 is 4.79 Å². The van der Waals surface area contributed by atoms with Gasteiger partial charge >= 0.3 is 0 Å². The quantitative estimate of drug-likeness (QED) is 0.755. The number of nitrogens with zero attached hydrogens (tertiary/aromatic N) is 2. The van der Waals surface area contributed by atoms with Crippen molar-refractivity contribution in [1.29, 1.82) is 0 Å². The molecule has 1 N–H and O–H groups in total. The van der Waals surface area contributed by atoms with Gasteiger partial charge in [0.1, 0.15) is 0 Å². The topological polar surface area (TPSA) is 35.6 Å². The van der Waals surface area contributed by atoms with E-state index in [-0.39, 0.29) is 18.4 Å². The van der Waals surface area contributed by atoms with Gasteiger partial charge < -0.3 is 15.1 Å². The third-order valence-electron chi connectivity index (χ3n) is 3.64.